The zero-order valence-corrected chi connectivity index (χ0v) is 25.6. The van der Waals surface area contributed by atoms with Gasteiger partial charge in [-0.15, -0.1) is 0 Å². The lowest BCUT2D eigenvalue weighted by atomic mass is 9.61. The normalized spacial score (nSPS) is 16.1. The van der Waals surface area contributed by atoms with Gasteiger partial charge in [-0.3, -0.25) is 0 Å². The Labute approximate surface area is 231 Å². The second kappa shape index (κ2) is 14.1. The van der Waals surface area contributed by atoms with Gasteiger partial charge in [-0.05, 0) is 69.2 Å². The summed E-state index contributed by atoms with van der Waals surface area (Å²) in [5.74, 6) is 2.36. The lowest BCUT2D eigenvalue weighted by molar-refractivity contribution is 0.174. The topological polar surface area (TPSA) is 55.6 Å². The molecule has 2 heterocycles. The molecule has 4 aromatic rings. The number of aryl methyl sites for hydroxylation is 2. The summed E-state index contributed by atoms with van der Waals surface area (Å²) in [5, 5.41) is 9.70. The Balaban J connectivity index is 0.000000791. The van der Waals surface area contributed by atoms with Gasteiger partial charge in [-0.1, -0.05) is 85.7 Å². The number of hydrogen-bond acceptors (Lipinski definition) is 4. The maximum atomic E-state index is 4.90. The van der Waals surface area contributed by atoms with Crippen molar-refractivity contribution in [3.63, 3.8) is 0 Å². The summed E-state index contributed by atoms with van der Waals surface area (Å²) in [6, 6.07) is 19.1. The van der Waals surface area contributed by atoms with Crippen molar-refractivity contribution in [1.82, 2.24) is 19.7 Å². The Morgan fingerprint density at radius 2 is 1.37 bits per heavy atom. The molecule has 0 unspecified atom stereocenters. The van der Waals surface area contributed by atoms with E-state index in [0.717, 1.165) is 46.8 Å². The van der Waals surface area contributed by atoms with Crippen LogP contribution in [0.2, 0.25) is 0 Å². The molecule has 2 aromatic carbocycles. The third-order valence-electron chi connectivity index (χ3n) is 7.15. The third-order valence-corrected chi connectivity index (χ3v) is 7.15. The molecule has 1 fully saturated rings. The van der Waals surface area contributed by atoms with Crippen LogP contribution in [0.5, 0.6) is 0 Å². The Bertz CT molecular complexity index is 1270. The molecule has 0 saturated heterocycles. The highest BCUT2D eigenvalue weighted by Gasteiger charge is 2.43. The molecular weight excluding hydrogens is 466 g/mol. The molecule has 0 spiro atoms. The number of nitrogens with zero attached hydrogens (tertiary/aromatic N) is 4. The highest BCUT2D eigenvalue weighted by atomic mass is 15.3. The van der Waals surface area contributed by atoms with Gasteiger partial charge in [-0.25, -0.2) is 14.6 Å². The fourth-order valence-electron chi connectivity index (χ4n) is 5.42. The standard InChI is InChI=1S/C27H31N5.3C2H6/c1-17-25(18(2)32(31-17)22-11-7-6-8-12-22)27(4,5)20-15-21(16-20)30-26-23-13-9-10-14-24(23)28-19(3)29-26;3*1-2/h6-14,20-21H,15-16H2,1-5H3,(H,28,29,30);3*1-2H3. The average Bonchev–Trinajstić information content (AvgIpc) is 3.23. The molecule has 1 N–H and O–H groups in total. The van der Waals surface area contributed by atoms with E-state index in [9.17, 15) is 0 Å². The first kappa shape index (κ1) is 31.0. The number of para-hydroxylation sites is 2. The van der Waals surface area contributed by atoms with Crippen LogP contribution in [0.25, 0.3) is 16.6 Å². The van der Waals surface area contributed by atoms with Gasteiger partial charge in [0.1, 0.15) is 11.6 Å². The zero-order chi connectivity index (χ0) is 28.5. The molecule has 1 saturated carbocycles. The molecule has 0 bridgehead atoms. The summed E-state index contributed by atoms with van der Waals surface area (Å²) in [5.41, 5.74) is 5.93. The molecule has 5 heteroatoms. The highest BCUT2D eigenvalue weighted by molar-refractivity contribution is 5.89. The van der Waals surface area contributed by atoms with Gasteiger partial charge in [0.2, 0.25) is 0 Å². The van der Waals surface area contributed by atoms with Crippen molar-refractivity contribution in [2.24, 2.45) is 5.92 Å². The van der Waals surface area contributed by atoms with Crippen molar-refractivity contribution in [3.05, 3.63) is 77.4 Å². The summed E-state index contributed by atoms with van der Waals surface area (Å²) < 4.78 is 2.09. The predicted octanol–water partition coefficient (Wildman–Crippen LogP) is 8.99. The summed E-state index contributed by atoms with van der Waals surface area (Å²) in [4.78, 5) is 9.27. The molecule has 0 atom stereocenters. The van der Waals surface area contributed by atoms with E-state index in [-0.39, 0.29) is 5.41 Å². The molecular formula is C33H49N5. The van der Waals surface area contributed by atoms with E-state index in [0.29, 0.717) is 12.0 Å². The molecule has 0 aliphatic heterocycles. The lowest BCUT2D eigenvalue weighted by Crippen LogP contribution is -2.45. The Kier molecular flexibility index (Phi) is 11.5. The molecule has 0 amide bonds. The molecule has 2 aromatic heterocycles. The minimum atomic E-state index is 0.0586. The second-order valence-corrected chi connectivity index (χ2v) is 9.66. The van der Waals surface area contributed by atoms with Gasteiger partial charge in [0.15, 0.2) is 0 Å². The Hall–Kier alpha value is -3.21. The first-order valence-corrected chi connectivity index (χ1v) is 14.5. The third kappa shape index (κ3) is 6.43. The van der Waals surface area contributed by atoms with Crippen LogP contribution in [0, 0.1) is 26.7 Å². The number of aromatic nitrogens is 4. The smallest absolute Gasteiger partial charge is 0.137 e. The summed E-state index contributed by atoms with van der Waals surface area (Å²) in [6.07, 6.45) is 2.25. The Morgan fingerprint density at radius 3 is 2.00 bits per heavy atom. The number of rotatable bonds is 5. The number of benzene rings is 2. The maximum Gasteiger partial charge on any atom is 0.137 e. The zero-order valence-electron chi connectivity index (χ0n) is 25.6. The maximum absolute atomic E-state index is 4.90. The van der Waals surface area contributed by atoms with Gasteiger partial charge in [-0.2, -0.15) is 5.10 Å². The van der Waals surface area contributed by atoms with E-state index in [1.54, 1.807) is 0 Å². The van der Waals surface area contributed by atoms with Gasteiger partial charge in [0, 0.05) is 22.7 Å². The van der Waals surface area contributed by atoms with E-state index >= 15 is 0 Å². The summed E-state index contributed by atoms with van der Waals surface area (Å²) in [7, 11) is 0. The summed E-state index contributed by atoms with van der Waals surface area (Å²) in [6.45, 7) is 23.1. The lowest BCUT2D eigenvalue weighted by Gasteiger charge is -2.46. The van der Waals surface area contributed by atoms with Crippen molar-refractivity contribution >= 4 is 16.7 Å². The molecule has 38 heavy (non-hydrogen) atoms. The first-order chi connectivity index (χ1) is 18.3. The summed E-state index contributed by atoms with van der Waals surface area (Å²) >= 11 is 0. The van der Waals surface area contributed by atoms with E-state index in [1.807, 2.05) is 60.6 Å². The monoisotopic (exact) mass is 515 g/mol. The molecule has 5 nitrogen and oxygen atoms in total. The fraction of sp³-hybridized carbons (Fsp3) is 0.485. The van der Waals surface area contributed by atoms with Gasteiger partial charge >= 0.3 is 0 Å². The van der Waals surface area contributed by atoms with Crippen LogP contribution in [0.3, 0.4) is 0 Å². The molecule has 1 aliphatic carbocycles. The number of anilines is 1. The van der Waals surface area contributed by atoms with Crippen LogP contribution in [-0.2, 0) is 5.41 Å². The molecule has 1 aliphatic rings. The van der Waals surface area contributed by atoms with E-state index < -0.39 is 0 Å². The fourth-order valence-corrected chi connectivity index (χ4v) is 5.42. The largest absolute Gasteiger partial charge is 0.367 e. The first-order valence-electron chi connectivity index (χ1n) is 14.5. The molecule has 0 radical (unpaired) electrons. The van der Waals surface area contributed by atoms with Crippen LogP contribution in [0.1, 0.15) is 91.0 Å². The van der Waals surface area contributed by atoms with Gasteiger partial charge in [0.05, 0.1) is 16.9 Å². The SMILES string of the molecule is CC.CC.CC.Cc1nc(NC2CC(C(C)(C)c3c(C)nn(-c4ccccc4)c3C)C2)c2ccccc2n1. The van der Waals surface area contributed by atoms with Crippen LogP contribution >= 0.6 is 0 Å². The van der Waals surface area contributed by atoms with Crippen molar-refractivity contribution in [3.8, 4) is 5.69 Å². The predicted molar refractivity (Wildman–Crippen MR) is 165 cm³/mol. The molecule has 5 rings (SSSR count). The van der Waals surface area contributed by atoms with Crippen molar-refractivity contribution in [2.45, 2.75) is 100 Å². The Morgan fingerprint density at radius 1 is 0.789 bits per heavy atom. The minimum Gasteiger partial charge on any atom is -0.367 e. The van der Waals surface area contributed by atoms with Crippen molar-refractivity contribution in [2.75, 3.05) is 5.32 Å². The van der Waals surface area contributed by atoms with Crippen molar-refractivity contribution < 1.29 is 0 Å². The molecule has 206 valence electrons. The second-order valence-electron chi connectivity index (χ2n) is 9.66. The van der Waals surface area contributed by atoms with Crippen LogP contribution in [0.15, 0.2) is 54.6 Å². The number of nitrogens with one attached hydrogen (secondary N) is 1. The average molecular weight is 516 g/mol. The quantitative estimate of drug-likeness (QED) is 0.288. The van der Waals surface area contributed by atoms with Crippen LogP contribution in [-0.4, -0.2) is 25.8 Å². The van der Waals surface area contributed by atoms with Crippen molar-refractivity contribution in [1.29, 1.82) is 0 Å². The minimum absolute atomic E-state index is 0.0586. The highest BCUT2D eigenvalue weighted by Crippen LogP contribution is 2.47. The number of fused-ring (bicyclic) bond motifs is 1. The van der Waals surface area contributed by atoms with Gasteiger partial charge < -0.3 is 5.32 Å². The van der Waals surface area contributed by atoms with Gasteiger partial charge in [0.25, 0.3) is 0 Å². The van der Waals surface area contributed by atoms with Crippen LogP contribution < -0.4 is 5.32 Å². The van der Waals surface area contributed by atoms with E-state index in [4.69, 9.17) is 10.1 Å². The van der Waals surface area contributed by atoms with Crippen LogP contribution in [0.4, 0.5) is 5.82 Å². The number of hydrogen-bond donors (Lipinski definition) is 1. The van der Waals surface area contributed by atoms with E-state index in [1.165, 1.54) is 11.3 Å². The van der Waals surface area contributed by atoms with E-state index in [2.05, 4.69) is 85.1 Å².